The van der Waals surface area contributed by atoms with Crippen molar-refractivity contribution in [3.63, 3.8) is 0 Å². The van der Waals surface area contributed by atoms with Crippen LogP contribution in [0.15, 0.2) is 34.8 Å². The molecule has 0 saturated heterocycles. The van der Waals surface area contributed by atoms with Crippen molar-refractivity contribution in [1.82, 2.24) is 20.0 Å². The zero-order valence-corrected chi connectivity index (χ0v) is 14.7. The normalized spacial score (nSPS) is 10.8. The Morgan fingerprint density at radius 2 is 2.00 bits per heavy atom. The third-order valence-electron chi connectivity index (χ3n) is 3.28. The van der Waals surface area contributed by atoms with Gasteiger partial charge in [-0.2, -0.15) is 5.10 Å². The number of nitrogens with zero attached hydrogens (tertiary/aromatic N) is 4. The minimum absolute atomic E-state index is 0.182. The van der Waals surface area contributed by atoms with Crippen LogP contribution in [0.1, 0.15) is 25.7 Å². The topological polar surface area (TPSA) is 77.7 Å². The molecule has 6 nitrogen and oxygen atoms in total. The minimum Gasteiger partial charge on any atom is -0.298 e. The van der Waals surface area contributed by atoms with E-state index in [1.807, 2.05) is 38.1 Å². The number of aromatic nitrogens is 4. The van der Waals surface area contributed by atoms with Crippen molar-refractivity contribution in [2.24, 2.45) is 0 Å². The predicted molar refractivity (Wildman–Crippen MR) is 93.8 cm³/mol. The zero-order valence-electron chi connectivity index (χ0n) is 13.1. The minimum atomic E-state index is -0.214. The lowest BCUT2D eigenvalue weighted by molar-refractivity contribution is 0.0927. The van der Waals surface area contributed by atoms with Crippen LogP contribution in [0.25, 0.3) is 11.3 Å². The molecule has 0 bridgehead atoms. The number of rotatable bonds is 5. The van der Waals surface area contributed by atoms with Gasteiger partial charge in [0.2, 0.25) is 0 Å². The van der Waals surface area contributed by atoms with E-state index < -0.39 is 0 Å². The molecule has 0 aliphatic heterocycles. The van der Waals surface area contributed by atoms with Crippen molar-refractivity contribution < 1.29 is 9.59 Å². The highest BCUT2D eigenvalue weighted by Gasteiger charge is 2.15. The van der Waals surface area contributed by atoms with Crippen LogP contribution in [-0.2, 0) is 0 Å². The highest BCUT2D eigenvalue weighted by atomic mass is 32.2. The molecule has 0 fully saturated rings. The van der Waals surface area contributed by atoms with Crippen LogP contribution in [0.4, 0.5) is 0 Å². The summed E-state index contributed by atoms with van der Waals surface area (Å²) in [6.45, 7) is 3.85. The molecular formula is C16H14N4O2S2. The lowest BCUT2D eigenvalue weighted by Gasteiger charge is -2.00. The van der Waals surface area contributed by atoms with E-state index in [9.17, 15) is 9.59 Å². The average molecular weight is 358 g/mol. The van der Waals surface area contributed by atoms with Gasteiger partial charge in [-0.3, -0.25) is 9.59 Å². The smallest absolute Gasteiger partial charge is 0.257 e. The van der Waals surface area contributed by atoms with Gasteiger partial charge in [0.25, 0.3) is 5.91 Å². The molecule has 122 valence electrons. The molecule has 24 heavy (non-hydrogen) atoms. The molecule has 2 heterocycles. The van der Waals surface area contributed by atoms with Crippen LogP contribution < -0.4 is 0 Å². The molecule has 0 amide bonds. The average Bonchev–Trinajstić information content (AvgIpc) is 3.19. The van der Waals surface area contributed by atoms with Crippen LogP contribution >= 0.6 is 23.1 Å². The van der Waals surface area contributed by atoms with E-state index in [0.717, 1.165) is 20.5 Å². The first kappa shape index (κ1) is 16.5. The lowest BCUT2D eigenvalue weighted by Crippen LogP contribution is -2.13. The van der Waals surface area contributed by atoms with Crippen LogP contribution in [0, 0.1) is 13.8 Å². The Kier molecular flexibility index (Phi) is 4.86. The van der Waals surface area contributed by atoms with Gasteiger partial charge < -0.3 is 0 Å². The van der Waals surface area contributed by atoms with Crippen LogP contribution in [0.5, 0.6) is 0 Å². The second kappa shape index (κ2) is 7.06. The van der Waals surface area contributed by atoms with Crippen molar-refractivity contribution >= 4 is 35.3 Å². The van der Waals surface area contributed by atoms with E-state index in [0.29, 0.717) is 17.5 Å². The van der Waals surface area contributed by atoms with Crippen molar-refractivity contribution in [1.29, 1.82) is 0 Å². The van der Waals surface area contributed by atoms with Gasteiger partial charge in [0.1, 0.15) is 10.7 Å². The fraction of sp³-hybridized carbons (Fsp3) is 0.188. The SMILES string of the molecule is Cc1ccc(-c2nn(C(=O)CSc3nnc(C)s3)cc2C=O)cc1. The molecule has 3 rings (SSSR count). The summed E-state index contributed by atoms with van der Waals surface area (Å²) in [5.41, 5.74) is 2.83. The largest absolute Gasteiger partial charge is 0.298 e. The number of carbonyl (C=O) groups excluding carboxylic acids is 2. The number of carbonyl (C=O) groups is 2. The molecule has 8 heteroatoms. The lowest BCUT2D eigenvalue weighted by atomic mass is 10.1. The van der Waals surface area contributed by atoms with E-state index in [1.165, 1.54) is 34.0 Å². The van der Waals surface area contributed by atoms with Gasteiger partial charge in [-0.1, -0.05) is 52.9 Å². The summed E-state index contributed by atoms with van der Waals surface area (Å²) in [6.07, 6.45) is 2.18. The maximum Gasteiger partial charge on any atom is 0.257 e. The first-order valence-corrected chi connectivity index (χ1v) is 8.95. The van der Waals surface area contributed by atoms with Crippen molar-refractivity contribution in [2.45, 2.75) is 18.2 Å². The van der Waals surface area contributed by atoms with E-state index in [-0.39, 0.29) is 11.7 Å². The number of hydrogen-bond acceptors (Lipinski definition) is 7. The predicted octanol–water partition coefficient (Wildman–Crippen LogP) is 3.26. The maximum atomic E-state index is 12.3. The van der Waals surface area contributed by atoms with E-state index in [1.54, 1.807) is 0 Å². The molecule has 1 aromatic carbocycles. The van der Waals surface area contributed by atoms with Gasteiger partial charge in [0.05, 0.1) is 11.3 Å². The second-order valence-electron chi connectivity index (χ2n) is 5.13. The Morgan fingerprint density at radius 1 is 1.25 bits per heavy atom. The Morgan fingerprint density at radius 3 is 2.62 bits per heavy atom. The Hall–Kier alpha value is -2.32. The summed E-state index contributed by atoms with van der Waals surface area (Å²) < 4.78 is 1.96. The van der Waals surface area contributed by atoms with Crippen LogP contribution in [0.2, 0.25) is 0 Å². The molecule has 2 aromatic heterocycles. The highest BCUT2D eigenvalue weighted by molar-refractivity contribution is 8.01. The fourth-order valence-electron chi connectivity index (χ4n) is 2.06. The number of aldehydes is 1. The summed E-state index contributed by atoms with van der Waals surface area (Å²) in [5, 5.41) is 13.0. The molecule has 0 atom stereocenters. The molecule has 0 aliphatic rings. The van der Waals surface area contributed by atoms with Crippen molar-refractivity contribution in [2.75, 3.05) is 5.75 Å². The summed E-state index contributed by atoms with van der Waals surface area (Å²) in [5.74, 6) is -0.0311. The summed E-state index contributed by atoms with van der Waals surface area (Å²) in [4.78, 5) is 23.6. The number of aryl methyl sites for hydroxylation is 2. The van der Waals surface area contributed by atoms with Gasteiger partial charge in [-0.15, -0.1) is 10.2 Å². The number of benzene rings is 1. The third kappa shape index (κ3) is 3.60. The Bertz CT molecular complexity index is 884. The monoisotopic (exact) mass is 358 g/mol. The summed E-state index contributed by atoms with van der Waals surface area (Å²) in [7, 11) is 0. The third-order valence-corrected chi connectivity index (χ3v) is 5.23. The van der Waals surface area contributed by atoms with Crippen LogP contribution in [-0.4, -0.2) is 37.9 Å². The maximum absolute atomic E-state index is 12.3. The molecule has 3 aromatic rings. The van der Waals surface area contributed by atoms with E-state index >= 15 is 0 Å². The van der Waals surface area contributed by atoms with Gasteiger partial charge in [-0.25, -0.2) is 4.68 Å². The van der Waals surface area contributed by atoms with E-state index in [4.69, 9.17) is 0 Å². The molecule has 0 radical (unpaired) electrons. The van der Waals surface area contributed by atoms with Crippen molar-refractivity contribution in [3.05, 3.63) is 46.6 Å². The fourth-order valence-corrected chi connectivity index (χ4v) is 3.73. The second-order valence-corrected chi connectivity index (χ2v) is 7.54. The number of thioether (sulfide) groups is 1. The Balaban J connectivity index is 1.79. The number of hydrogen-bond donors (Lipinski definition) is 0. The first-order chi connectivity index (χ1) is 11.6. The standard InChI is InChI=1S/C16H14N4O2S2/c1-10-3-5-12(6-4-10)15-13(8-21)7-20(19-15)14(22)9-23-16-18-17-11(2)24-16/h3-8H,9H2,1-2H3. The van der Waals surface area contributed by atoms with E-state index in [2.05, 4.69) is 15.3 Å². The van der Waals surface area contributed by atoms with Gasteiger partial charge in [0, 0.05) is 11.8 Å². The van der Waals surface area contributed by atoms with Gasteiger partial charge >= 0.3 is 0 Å². The molecule has 0 N–H and O–H groups in total. The molecule has 0 aliphatic carbocycles. The summed E-state index contributed by atoms with van der Waals surface area (Å²) >= 11 is 2.75. The Labute approximate surface area is 146 Å². The zero-order chi connectivity index (χ0) is 17.1. The highest BCUT2D eigenvalue weighted by Crippen LogP contribution is 2.24. The molecular weight excluding hydrogens is 344 g/mol. The van der Waals surface area contributed by atoms with Crippen molar-refractivity contribution in [3.8, 4) is 11.3 Å². The molecule has 0 saturated carbocycles. The van der Waals surface area contributed by atoms with Gasteiger partial charge in [0.15, 0.2) is 10.6 Å². The molecule has 0 spiro atoms. The summed E-state index contributed by atoms with van der Waals surface area (Å²) in [6, 6.07) is 7.66. The van der Waals surface area contributed by atoms with Crippen LogP contribution in [0.3, 0.4) is 0 Å². The molecule has 0 unspecified atom stereocenters. The van der Waals surface area contributed by atoms with Gasteiger partial charge in [-0.05, 0) is 13.8 Å². The quantitative estimate of drug-likeness (QED) is 0.514. The first-order valence-electron chi connectivity index (χ1n) is 7.15.